The summed E-state index contributed by atoms with van der Waals surface area (Å²) in [4.78, 5) is 27.8. The molecule has 2 N–H and O–H groups in total. The van der Waals surface area contributed by atoms with Crippen molar-refractivity contribution in [1.82, 2.24) is 20.4 Å². The maximum absolute atomic E-state index is 12.3. The lowest BCUT2D eigenvalue weighted by atomic mass is 10.0. The topological polar surface area (TPSA) is 73.9 Å². The molecule has 2 heterocycles. The number of carbonyl (C=O) groups excluding carboxylic acids is 2. The summed E-state index contributed by atoms with van der Waals surface area (Å²) >= 11 is 0. The van der Waals surface area contributed by atoms with Crippen molar-refractivity contribution in [1.29, 1.82) is 0 Å². The molecule has 24 heavy (non-hydrogen) atoms. The van der Waals surface area contributed by atoms with Gasteiger partial charge in [-0.3, -0.25) is 14.5 Å². The van der Waals surface area contributed by atoms with Gasteiger partial charge in [-0.05, 0) is 19.8 Å². The van der Waals surface area contributed by atoms with Gasteiger partial charge in [0.15, 0.2) is 0 Å². The zero-order valence-corrected chi connectivity index (χ0v) is 16.3. The summed E-state index contributed by atoms with van der Waals surface area (Å²) in [6.07, 6.45) is 1.68. The monoisotopic (exact) mass is 384 g/mol. The minimum Gasteiger partial charge on any atom is -0.375 e. The summed E-state index contributed by atoms with van der Waals surface area (Å²) in [6.45, 7) is 5.44. The first-order chi connectivity index (χ1) is 10.5. The Morgan fingerprint density at radius 2 is 1.88 bits per heavy atom. The molecule has 0 spiro atoms. The van der Waals surface area contributed by atoms with E-state index in [0.717, 1.165) is 25.9 Å². The molecule has 2 rings (SSSR count). The molecule has 9 heteroatoms. The van der Waals surface area contributed by atoms with E-state index in [1.807, 2.05) is 6.92 Å². The summed E-state index contributed by atoms with van der Waals surface area (Å²) in [5.74, 6) is 0.148. The van der Waals surface area contributed by atoms with Gasteiger partial charge in [0.2, 0.25) is 11.8 Å². The van der Waals surface area contributed by atoms with Gasteiger partial charge >= 0.3 is 0 Å². The van der Waals surface area contributed by atoms with Gasteiger partial charge in [0, 0.05) is 39.8 Å². The zero-order chi connectivity index (χ0) is 16.1. The van der Waals surface area contributed by atoms with E-state index in [0.29, 0.717) is 19.7 Å². The van der Waals surface area contributed by atoms with Gasteiger partial charge in [-0.1, -0.05) is 0 Å². The number of likely N-dealkylation sites (N-methyl/N-ethyl adjacent to an activating group) is 1. The van der Waals surface area contributed by atoms with Crippen LogP contribution in [-0.2, 0) is 14.3 Å². The van der Waals surface area contributed by atoms with E-state index in [9.17, 15) is 9.59 Å². The molecule has 7 nitrogen and oxygen atoms in total. The fraction of sp³-hybridized carbons (Fsp3) is 0.867. The lowest BCUT2D eigenvalue weighted by Crippen LogP contribution is -2.58. The predicted octanol–water partition coefficient (Wildman–Crippen LogP) is -0.124. The van der Waals surface area contributed by atoms with Crippen LogP contribution in [0.1, 0.15) is 19.8 Å². The SMILES string of the molecule is C[C@H]1OCCN[C@@H]1C(=O)NC1CCN(CC(=O)N(C)C)CC1.Cl.Cl. The number of carbonyl (C=O) groups is 2. The quantitative estimate of drug-likeness (QED) is 0.706. The zero-order valence-electron chi connectivity index (χ0n) is 14.6. The summed E-state index contributed by atoms with van der Waals surface area (Å²) in [5.41, 5.74) is 0. The second kappa shape index (κ2) is 11.1. The van der Waals surface area contributed by atoms with Crippen molar-refractivity contribution in [3.8, 4) is 0 Å². The van der Waals surface area contributed by atoms with Crippen LogP contribution >= 0.6 is 24.8 Å². The van der Waals surface area contributed by atoms with E-state index < -0.39 is 0 Å². The average Bonchev–Trinajstić information content (AvgIpc) is 2.49. The van der Waals surface area contributed by atoms with Gasteiger partial charge in [-0.2, -0.15) is 0 Å². The van der Waals surface area contributed by atoms with Crippen molar-refractivity contribution < 1.29 is 14.3 Å². The molecule has 0 unspecified atom stereocenters. The fourth-order valence-electron chi connectivity index (χ4n) is 2.89. The Kier molecular flexibility index (Phi) is 10.8. The number of likely N-dealkylation sites (tertiary alicyclic amines) is 1. The second-order valence-corrected chi connectivity index (χ2v) is 6.35. The van der Waals surface area contributed by atoms with E-state index in [-0.39, 0.29) is 54.8 Å². The maximum Gasteiger partial charge on any atom is 0.240 e. The highest BCUT2D eigenvalue weighted by molar-refractivity contribution is 5.85. The van der Waals surface area contributed by atoms with Crippen LogP contribution in [0.15, 0.2) is 0 Å². The number of nitrogens with one attached hydrogen (secondary N) is 2. The van der Waals surface area contributed by atoms with Crippen LogP contribution in [0, 0.1) is 0 Å². The number of piperidine rings is 1. The molecule has 2 atom stereocenters. The molecule has 0 saturated carbocycles. The lowest BCUT2D eigenvalue weighted by Gasteiger charge is -2.35. The Bertz CT molecular complexity index is 404. The van der Waals surface area contributed by atoms with Crippen molar-refractivity contribution in [2.45, 2.75) is 38.0 Å². The number of morpholine rings is 1. The Hall–Kier alpha value is -0.600. The Morgan fingerprint density at radius 1 is 1.25 bits per heavy atom. The highest BCUT2D eigenvalue weighted by atomic mass is 35.5. The molecule has 2 aliphatic rings. The molecule has 2 amide bonds. The Labute approximate surface area is 156 Å². The Morgan fingerprint density at radius 3 is 2.42 bits per heavy atom. The number of nitrogens with zero attached hydrogens (tertiary/aromatic N) is 2. The third-order valence-electron chi connectivity index (χ3n) is 4.39. The first-order valence-electron chi connectivity index (χ1n) is 8.05. The van der Waals surface area contributed by atoms with Crippen LogP contribution < -0.4 is 10.6 Å². The smallest absolute Gasteiger partial charge is 0.240 e. The van der Waals surface area contributed by atoms with Crippen molar-refractivity contribution in [2.75, 3.05) is 46.9 Å². The van der Waals surface area contributed by atoms with E-state index >= 15 is 0 Å². The molecule has 0 aromatic carbocycles. The van der Waals surface area contributed by atoms with Crippen LogP contribution in [0.2, 0.25) is 0 Å². The lowest BCUT2D eigenvalue weighted by molar-refractivity contribution is -0.132. The summed E-state index contributed by atoms with van der Waals surface area (Å²) in [7, 11) is 3.55. The van der Waals surface area contributed by atoms with E-state index in [1.54, 1.807) is 19.0 Å². The van der Waals surface area contributed by atoms with Crippen molar-refractivity contribution >= 4 is 36.6 Å². The number of rotatable bonds is 4. The van der Waals surface area contributed by atoms with Gasteiger partial charge in [-0.25, -0.2) is 0 Å². The number of hydrogen-bond acceptors (Lipinski definition) is 5. The van der Waals surface area contributed by atoms with Gasteiger partial charge in [0.1, 0.15) is 6.04 Å². The minimum atomic E-state index is -0.262. The first kappa shape index (κ1) is 23.4. The van der Waals surface area contributed by atoms with Gasteiger partial charge in [0.25, 0.3) is 0 Å². The largest absolute Gasteiger partial charge is 0.375 e. The third-order valence-corrected chi connectivity index (χ3v) is 4.39. The summed E-state index contributed by atoms with van der Waals surface area (Å²) < 4.78 is 5.51. The summed E-state index contributed by atoms with van der Waals surface area (Å²) in [5, 5.41) is 6.32. The standard InChI is InChI=1S/C15H28N4O3.2ClH/c1-11-14(16-6-9-22-11)15(21)17-12-4-7-19(8-5-12)10-13(20)18(2)3;;/h11-12,14,16H,4-10H2,1-3H3,(H,17,21);2*1H/t11-,14+;;/m1../s1. The predicted molar refractivity (Wildman–Crippen MR) is 98.0 cm³/mol. The maximum atomic E-state index is 12.3. The molecule has 0 aromatic rings. The molecule has 0 aromatic heterocycles. The van der Waals surface area contributed by atoms with E-state index in [4.69, 9.17) is 4.74 Å². The van der Waals surface area contributed by atoms with Crippen LogP contribution in [0.25, 0.3) is 0 Å². The molecule has 2 saturated heterocycles. The van der Waals surface area contributed by atoms with Crippen LogP contribution in [0.3, 0.4) is 0 Å². The number of ether oxygens (including phenoxy) is 1. The molecule has 0 bridgehead atoms. The molecule has 2 aliphatic heterocycles. The van der Waals surface area contributed by atoms with Gasteiger partial charge < -0.3 is 20.3 Å². The number of halogens is 2. The minimum absolute atomic E-state index is 0. The molecule has 2 fully saturated rings. The highest BCUT2D eigenvalue weighted by Gasteiger charge is 2.30. The van der Waals surface area contributed by atoms with E-state index in [2.05, 4.69) is 15.5 Å². The van der Waals surface area contributed by atoms with Crippen LogP contribution in [0.4, 0.5) is 0 Å². The van der Waals surface area contributed by atoms with Crippen LogP contribution in [-0.4, -0.2) is 86.7 Å². The van der Waals surface area contributed by atoms with Crippen molar-refractivity contribution in [2.24, 2.45) is 0 Å². The summed E-state index contributed by atoms with van der Waals surface area (Å²) in [6, 6.07) is -0.0729. The number of amides is 2. The van der Waals surface area contributed by atoms with Crippen molar-refractivity contribution in [3.63, 3.8) is 0 Å². The molecular weight excluding hydrogens is 355 g/mol. The van der Waals surface area contributed by atoms with E-state index in [1.165, 1.54) is 0 Å². The second-order valence-electron chi connectivity index (χ2n) is 6.35. The third kappa shape index (κ3) is 6.72. The van der Waals surface area contributed by atoms with Gasteiger partial charge in [-0.15, -0.1) is 24.8 Å². The highest BCUT2D eigenvalue weighted by Crippen LogP contribution is 2.12. The van der Waals surface area contributed by atoms with Crippen molar-refractivity contribution in [3.05, 3.63) is 0 Å². The normalized spacial score (nSPS) is 25.1. The molecule has 142 valence electrons. The first-order valence-corrected chi connectivity index (χ1v) is 8.05. The Balaban J connectivity index is 0.00000264. The number of hydrogen-bond donors (Lipinski definition) is 2. The average molecular weight is 385 g/mol. The molecule has 0 radical (unpaired) electrons. The van der Waals surface area contributed by atoms with Gasteiger partial charge in [0.05, 0.1) is 19.3 Å². The van der Waals surface area contributed by atoms with Crippen LogP contribution in [0.5, 0.6) is 0 Å². The molecule has 0 aliphatic carbocycles. The fourth-order valence-corrected chi connectivity index (χ4v) is 2.89. The molecular formula is C15H30Cl2N4O3.